The average Bonchev–Trinajstić information content (AvgIpc) is 2.70. The zero-order chi connectivity index (χ0) is 19.4. The Hall–Kier alpha value is -1.57. The van der Waals surface area contributed by atoms with Gasteiger partial charge in [-0.05, 0) is 18.1 Å². The summed E-state index contributed by atoms with van der Waals surface area (Å²) in [5.74, 6) is -0.242. The molecule has 0 aliphatic heterocycles. The number of ether oxygens (including phenoxy) is 1. The van der Waals surface area contributed by atoms with Crippen LogP contribution in [-0.4, -0.2) is 12.6 Å². The Morgan fingerprint density at radius 3 is 1.74 bits per heavy atom. The molecule has 152 valence electrons. The molecule has 0 atom stereocenters. The van der Waals surface area contributed by atoms with Gasteiger partial charge >= 0.3 is 5.97 Å². The van der Waals surface area contributed by atoms with Crippen LogP contribution in [0.5, 0.6) is 0 Å². The highest BCUT2D eigenvalue weighted by atomic mass is 16.5. The second-order valence-corrected chi connectivity index (χ2v) is 7.51. The van der Waals surface area contributed by atoms with Gasteiger partial charge in [0, 0.05) is 6.08 Å². The molecule has 0 aliphatic rings. The summed E-state index contributed by atoms with van der Waals surface area (Å²) in [4.78, 5) is 11.6. The maximum atomic E-state index is 11.6. The van der Waals surface area contributed by atoms with E-state index in [2.05, 4.69) is 6.92 Å². The number of hydrogen-bond acceptors (Lipinski definition) is 2. The number of carbonyl (C=O) groups excluding carboxylic acids is 1. The van der Waals surface area contributed by atoms with E-state index < -0.39 is 0 Å². The Bertz CT molecular complexity index is 478. The summed E-state index contributed by atoms with van der Waals surface area (Å²) >= 11 is 0. The normalized spacial score (nSPS) is 11.1. The molecule has 2 heteroatoms. The molecule has 0 saturated heterocycles. The molecule has 1 aromatic rings. The minimum absolute atomic E-state index is 0.242. The lowest BCUT2D eigenvalue weighted by Gasteiger charge is -2.04. The third-order valence-corrected chi connectivity index (χ3v) is 4.95. The highest BCUT2D eigenvalue weighted by Gasteiger charge is 1.98. The molecular weight excluding hydrogens is 332 g/mol. The second kappa shape index (κ2) is 17.8. The molecule has 1 aromatic carbocycles. The summed E-state index contributed by atoms with van der Waals surface area (Å²) in [6, 6.07) is 9.82. The third-order valence-electron chi connectivity index (χ3n) is 4.95. The highest BCUT2D eigenvalue weighted by Crippen LogP contribution is 2.13. The van der Waals surface area contributed by atoms with Crippen LogP contribution >= 0.6 is 0 Å². The Labute approximate surface area is 167 Å². The van der Waals surface area contributed by atoms with Gasteiger partial charge in [0.25, 0.3) is 0 Å². The van der Waals surface area contributed by atoms with Gasteiger partial charge in [-0.3, -0.25) is 0 Å². The van der Waals surface area contributed by atoms with Crippen molar-refractivity contribution in [1.29, 1.82) is 0 Å². The number of benzene rings is 1. The summed E-state index contributed by atoms with van der Waals surface area (Å²) in [6.45, 7) is 2.81. The molecule has 0 bridgehead atoms. The van der Waals surface area contributed by atoms with Gasteiger partial charge < -0.3 is 4.74 Å². The quantitative estimate of drug-likeness (QED) is 0.159. The van der Waals surface area contributed by atoms with Crippen LogP contribution in [0.1, 0.15) is 102 Å². The maximum absolute atomic E-state index is 11.6. The molecule has 0 amide bonds. The van der Waals surface area contributed by atoms with E-state index in [1.165, 1.54) is 83.1 Å². The summed E-state index contributed by atoms with van der Waals surface area (Å²) in [5, 5.41) is 0. The summed E-state index contributed by atoms with van der Waals surface area (Å²) in [5.41, 5.74) is 1.02. The van der Waals surface area contributed by atoms with E-state index >= 15 is 0 Å². The third kappa shape index (κ3) is 15.2. The number of rotatable bonds is 17. The lowest BCUT2D eigenvalue weighted by Crippen LogP contribution is -2.02. The maximum Gasteiger partial charge on any atom is 0.330 e. The first kappa shape index (κ1) is 23.5. The van der Waals surface area contributed by atoms with Gasteiger partial charge in [0.15, 0.2) is 0 Å². The van der Waals surface area contributed by atoms with E-state index in [4.69, 9.17) is 4.74 Å². The monoisotopic (exact) mass is 372 g/mol. The van der Waals surface area contributed by atoms with E-state index in [1.54, 1.807) is 6.08 Å². The first-order chi connectivity index (χ1) is 13.3. The topological polar surface area (TPSA) is 26.3 Å². The highest BCUT2D eigenvalue weighted by molar-refractivity contribution is 5.86. The van der Waals surface area contributed by atoms with E-state index in [1.807, 2.05) is 30.3 Å². The van der Waals surface area contributed by atoms with Crippen molar-refractivity contribution in [3.8, 4) is 0 Å². The van der Waals surface area contributed by atoms with E-state index in [0.29, 0.717) is 6.61 Å². The number of esters is 1. The lowest BCUT2D eigenvalue weighted by molar-refractivity contribution is -0.137. The molecule has 0 spiro atoms. The first-order valence-corrected chi connectivity index (χ1v) is 11.2. The molecule has 0 unspecified atom stereocenters. The second-order valence-electron chi connectivity index (χ2n) is 7.51. The largest absolute Gasteiger partial charge is 0.463 e. The zero-order valence-corrected chi connectivity index (χ0v) is 17.5. The van der Waals surface area contributed by atoms with Gasteiger partial charge in [0.2, 0.25) is 0 Å². The molecule has 2 nitrogen and oxygen atoms in total. The summed E-state index contributed by atoms with van der Waals surface area (Å²) in [6.07, 6.45) is 22.0. The van der Waals surface area contributed by atoms with Gasteiger partial charge in [0.05, 0.1) is 6.61 Å². The average molecular weight is 373 g/mol. The van der Waals surface area contributed by atoms with Crippen molar-refractivity contribution < 1.29 is 9.53 Å². The first-order valence-electron chi connectivity index (χ1n) is 11.2. The standard InChI is InChI=1S/C25H40O2/c1-2-3-4-5-6-7-8-9-10-11-12-13-14-18-23-27-25(26)22-21-24-19-16-15-17-20-24/h15-17,19-22H,2-14,18,23H2,1H3/b22-21+. The van der Waals surface area contributed by atoms with Crippen LogP contribution in [0.15, 0.2) is 36.4 Å². The number of unbranched alkanes of at least 4 members (excludes halogenated alkanes) is 13. The van der Waals surface area contributed by atoms with Crippen molar-refractivity contribution in [2.24, 2.45) is 0 Å². The molecule has 0 aliphatic carbocycles. The van der Waals surface area contributed by atoms with Gasteiger partial charge in [-0.1, -0.05) is 121 Å². The fraction of sp³-hybridized carbons (Fsp3) is 0.640. The Kier molecular flexibility index (Phi) is 15.5. The molecule has 27 heavy (non-hydrogen) atoms. The number of hydrogen-bond donors (Lipinski definition) is 0. The van der Waals surface area contributed by atoms with Gasteiger partial charge in [-0.2, -0.15) is 0 Å². The van der Waals surface area contributed by atoms with Crippen molar-refractivity contribution in [2.45, 2.75) is 96.8 Å². The number of carbonyl (C=O) groups is 1. The van der Waals surface area contributed by atoms with Crippen LogP contribution < -0.4 is 0 Å². The molecule has 1 rings (SSSR count). The molecule has 0 radical (unpaired) electrons. The van der Waals surface area contributed by atoms with E-state index in [-0.39, 0.29) is 5.97 Å². The predicted molar refractivity (Wildman–Crippen MR) is 117 cm³/mol. The molecule has 0 saturated carbocycles. The molecular formula is C25H40O2. The molecule has 0 fully saturated rings. The lowest BCUT2D eigenvalue weighted by atomic mass is 10.0. The van der Waals surface area contributed by atoms with Crippen LogP contribution in [0, 0.1) is 0 Å². The van der Waals surface area contributed by atoms with Crippen molar-refractivity contribution in [1.82, 2.24) is 0 Å². The van der Waals surface area contributed by atoms with Crippen molar-refractivity contribution in [3.05, 3.63) is 42.0 Å². The van der Waals surface area contributed by atoms with Crippen LogP contribution in [-0.2, 0) is 9.53 Å². The smallest absolute Gasteiger partial charge is 0.330 e. The zero-order valence-electron chi connectivity index (χ0n) is 17.5. The Balaban J connectivity index is 1.81. The van der Waals surface area contributed by atoms with Crippen LogP contribution in [0.4, 0.5) is 0 Å². The summed E-state index contributed by atoms with van der Waals surface area (Å²) in [7, 11) is 0. The Morgan fingerprint density at radius 1 is 0.741 bits per heavy atom. The Morgan fingerprint density at radius 2 is 1.22 bits per heavy atom. The minimum atomic E-state index is -0.242. The molecule has 0 N–H and O–H groups in total. The minimum Gasteiger partial charge on any atom is -0.463 e. The van der Waals surface area contributed by atoms with Crippen LogP contribution in [0.25, 0.3) is 6.08 Å². The van der Waals surface area contributed by atoms with Crippen molar-refractivity contribution >= 4 is 12.0 Å². The van der Waals surface area contributed by atoms with Gasteiger partial charge in [-0.15, -0.1) is 0 Å². The van der Waals surface area contributed by atoms with Gasteiger partial charge in [-0.25, -0.2) is 4.79 Å². The SMILES string of the molecule is CCCCCCCCCCCCCCCCOC(=O)/C=C/c1ccccc1. The molecule has 0 aromatic heterocycles. The fourth-order valence-corrected chi connectivity index (χ4v) is 3.25. The van der Waals surface area contributed by atoms with Gasteiger partial charge in [0.1, 0.15) is 0 Å². The van der Waals surface area contributed by atoms with E-state index in [0.717, 1.165) is 18.4 Å². The van der Waals surface area contributed by atoms with Crippen molar-refractivity contribution in [3.63, 3.8) is 0 Å². The summed E-state index contributed by atoms with van der Waals surface area (Å²) < 4.78 is 5.25. The van der Waals surface area contributed by atoms with Crippen LogP contribution in [0.2, 0.25) is 0 Å². The van der Waals surface area contributed by atoms with Crippen LogP contribution in [0.3, 0.4) is 0 Å². The fourth-order valence-electron chi connectivity index (χ4n) is 3.25. The predicted octanol–water partition coefficient (Wildman–Crippen LogP) is 7.72. The van der Waals surface area contributed by atoms with Crippen molar-refractivity contribution in [2.75, 3.05) is 6.61 Å². The molecule has 0 heterocycles. The van der Waals surface area contributed by atoms with E-state index in [9.17, 15) is 4.79 Å².